The largest absolute Gasteiger partial charge is 0.505 e. The van der Waals surface area contributed by atoms with Crippen molar-refractivity contribution in [3.63, 3.8) is 0 Å². The first-order valence-electron chi connectivity index (χ1n) is 6.85. The number of carbonyl (C=O) groups excluding carboxylic acids is 1. The summed E-state index contributed by atoms with van der Waals surface area (Å²) in [5.74, 6) is 0.395. The normalized spacial score (nSPS) is 16.3. The molecule has 19 heavy (non-hydrogen) atoms. The van der Waals surface area contributed by atoms with E-state index in [0.717, 1.165) is 32.5 Å². The minimum absolute atomic E-state index is 0.0451. The number of amides is 1. The van der Waals surface area contributed by atoms with Crippen LogP contribution in [0.15, 0.2) is 18.5 Å². The molecule has 1 amide bonds. The molecule has 1 saturated heterocycles. The van der Waals surface area contributed by atoms with Crippen molar-refractivity contribution in [1.29, 1.82) is 0 Å². The first-order chi connectivity index (χ1) is 9.22. The third kappa shape index (κ3) is 3.44. The molecule has 0 aromatic carbocycles. The predicted octanol–water partition coefficient (Wildman–Crippen LogP) is 1.25. The van der Waals surface area contributed by atoms with Gasteiger partial charge in [-0.05, 0) is 44.8 Å². The highest BCUT2D eigenvalue weighted by molar-refractivity contribution is 5.96. The number of hydrogen-bond donors (Lipinski definition) is 2. The number of rotatable bonds is 4. The lowest BCUT2D eigenvalue weighted by atomic mass is 9.97. The molecule has 0 radical (unpaired) electrons. The van der Waals surface area contributed by atoms with Gasteiger partial charge in [-0.15, -0.1) is 0 Å². The van der Waals surface area contributed by atoms with Gasteiger partial charge < -0.3 is 15.3 Å². The van der Waals surface area contributed by atoms with Crippen LogP contribution in [-0.4, -0.2) is 47.1 Å². The highest BCUT2D eigenvalue weighted by atomic mass is 16.3. The molecule has 5 heteroatoms. The third-order valence-electron chi connectivity index (χ3n) is 3.64. The lowest BCUT2D eigenvalue weighted by Crippen LogP contribution is -2.39. The van der Waals surface area contributed by atoms with Crippen LogP contribution in [0, 0.1) is 5.92 Å². The van der Waals surface area contributed by atoms with E-state index in [2.05, 4.69) is 10.3 Å². The lowest BCUT2D eigenvalue weighted by molar-refractivity contribution is 0.0723. The number of aromatic hydroxyl groups is 1. The Balaban J connectivity index is 2.04. The smallest absolute Gasteiger partial charge is 0.257 e. The van der Waals surface area contributed by atoms with Crippen LogP contribution in [-0.2, 0) is 0 Å². The molecule has 1 fully saturated rings. The van der Waals surface area contributed by atoms with Gasteiger partial charge in [-0.1, -0.05) is 0 Å². The van der Waals surface area contributed by atoms with Crippen LogP contribution >= 0.6 is 0 Å². The molecule has 0 aliphatic carbocycles. The predicted molar refractivity (Wildman–Crippen MR) is 73.1 cm³/mol. The maximum Gasteiger partial charge on any atom is 0.257 e. The number of nitrogens with one attached hydrogen (secondary N) is 1. The number of pyridine rings is 1. The molecule has 0 atom stereocenters. The van der Waals surface area contributed by atoms with Crippen molar-refractivity contribution in [3.05, 3.63) is 24.0 Å². The summed E-state index contributed by atoms with van der Waals surface area (Å²) in [6, 6.07) is 1.57. The van der Waals surface area contributed by atoms with E-state index < -0.39 is 0 Å². The molecule has 104 valence electrons. The fraction of sp³-hybridized carbons (Fsp3) is 0.571. The highest BCUT2D eigenvalue weighted by Gasteiger charge is 2.22. The second kappa shape index (κ2) is 6.52. The molecular weight excluding hydrogens is 242 g/mol. The Morgan fingerprint density at radius 3 is 2.89 bits per heavy atom. The zero-order valence-corrected chi connectivity index (χ0v) is 11.3. The van der Waals surface area contributed by atoms with Gasteiger partial charge in [0, 0.05) is 19.3 Å². The number of hydrogen-bond acceptors (Lipinski definition) is 4. The van der Waals surface area contributed by atoms with E-state index in [1.165, 1.54) is 12.4 Å². The van der Waals surface area contributed by atoms with Gasteiger partial charge in [0.25, 0.3) is 5.91 Å². The average Bonchev–Trinajstić information content (AvgIpc) is 2.46. The summed E-state index contributed by atoms with van der Waals surface area (Å²) in [7, 11) is 0. The Kier molecular flexibility index (Phi) is 4.74. The lowest BCUT2D eigenvalue weighted by Gasteiger charge is -2.29. The number of piperidine rings is 1. The molecule has 0 saturated carbocycles. The minimum Gasteiger partial charge on any atom is -0.505 e. The molecule has 1 aromatic heterocycles. The molecule has 2 heterocycles. The summed E-state index contributed by atoms with van der Waals surface area (Å²) < 4.78 is 0. The number of aromatic nitrogens is 1. The Morgan fingerprint density at radius 1 is 1.53 bits per heavy atom. The van der Waals surface area contributed by atoms with E-state index in [1.807, 2.05) is 11.8 Å². The average molecular weight is 263 g/mol. The van der Waals surface area contributed by atoms with Crippen molar-refractivity contribution in [2.75, 3.05) is 26.2 Å². The van der Waals surface area contributed by atoms with Crippen molar-refractivity contribution in [1.82, 2.24) is 15.2 Å². The molecule has 0 spiro atoms. The van der Waals surface area contributed by atoms with Crippen LogP contribution in [0.1, 0.15) is 30.1 Å². The Bertz CT molecular complexity index is 430. The Morgan fingerprint density at radius 2 is 2.26 bits per heavy atom. The summed E-state index contributed by atoms with van der Waals surface area (Å²) >= 11 is 0. The zero-order chi connectivity index (χ0) is 13.7. The summed E-state index contributed by atoms with van der Waals surface area (Å²) in [4.78, 5) is 18.0. The van der Waals surface area contributed by atoms with Crippen molar-refractivity contribution in [3.8, 4) is 5.75 Å². The summed E-state index contributed by atoms with van der Waals surface area (Å²) in [6.07, 6.45) is 5.05. The fourth-order valence-electron chi connectivity index (χ4n) is 2.47. The van der Waals surface area contributed by atoms with Gasteiger partial charge >= 0.3 is 0 Å². The monoisotopic (exact) mass is 263 g/mol. The molecule has 2 N–H and O–H groups in total. The van der Waals surface area contributed by atoms with Crippen LogP contribution in [0.2, 0.25) is 0 Å². The van der Waals surface area contributed by atoms with E-state index >= 15 is 0 Å². The van der Waals surface area contributed by atoms with Crippen LogP contribution < -0.4 is 5.32 Å². The highest BCUT2D eigenvalue weighted by Crippen LogP contribution is 2.19. The standard InChI is InChI=1S/C14H21N3O2/c1-2-17(10-11-3-6-15-7-4-11)14(19)12-5-8-16-9-13(12)18/h5,8-9,11,15,18H,2-4,6-7,10H2,1H3. The van der Waals surface area contributed by atoms with Crippen LogP contribution in [0.25, 0.3) is 0 Å². The molecule has 5 nitrogen and oxygen atoms in total. The quantitative estimate of drug-likeness (QED) is 0.858. The SMILES string of the molecule is CCN(CC1CCNCC1)C(=O)c1ccncc1O. The molecule has 1 aliphatic heterocycles. The van der Waals surface area contributed by atoms with E-state index in [4.69, 9.17) is 0 Å². The van der Waals surface area contributed by atoms with Gasteiger partial charge in [0.2, 0.25) is 0 Å². The van der Waals surface area contributed by atoms with Crippen molar-refractivity contribution >= 4 is 5.91 Å². The van der Waals surface area contributed by atoms with Crippen molar-refractivity contribution in [2.24, 2.45) is 5.92 Å². The fourth-order valence-corrected chi connectivity index (χ4v) is 2.47. The van der Waals surface area contributed by atoms with Crippen LogP contribution in [0.3, 0.4) is 0 Å². The minimum atomic E-state index is -0.110. The van der Waals surface area contributed by atoms with Crippen LogP contribution in [0.5, 0.6) is 5.75 Å². The van der Waals surface area contributed by atoms with E-state index in [-0.39, 0.29) is 11.7 Å². The van der Waals surface area contributed by atoms with Crippen molar-refractivity contribution in [2.45, 2.75) is 19.8 Å². The summed E-state index contributed by atoms with van der Waals surface area (Å²) in [6.45, 7) is 5.44. The van der Waals surface area contributed by atoms with Gasteiger partial charge in [-0.3, -0.25) is 9.78 Å². The van der Waals surface area contributed by atoms with Crippen molar-refractivity contribution < 1.29 is 9.90 Å². The number of nitrogens with zero attached hydrogens (tertiary/aromatic N) is 2. The molecule has 0 bridgehead atoms. The molecule has 2 rings (SSSR count). The Labute approximate surface area is 113 Å². The van der Waals surface area contributed by atoms with E-state index in [0.29, 0.717) is 18.0 Å². The maximum absolute atomic E-state index is 12.4. The first-order valence-corrected chi connectivity index (χ1v) is 6.85. The second-order valence-electron chi connectivity index (χ2n) is 4.93. The Hall–Kier alpha value is -1.62. The molecular formula is C14H21N3O2. The van der Waals surface area contributed by atoms with Crippen LogP contribution in [0.4, 0.5) is 0 Å². The molecule has 0 unspecified atom stereocenters. The van der Waals surface area contributed by atoms with Gasteiger partial charge in [-0.2, -0.15) is 0 Å². The van der Waals surface area contributed by atoms with E-state index in [1.54, 1.807) is 6.07 Å². The second-order valence-corrected chi connectivity index (χ2v) is 4.93. The topological polar surface area (TPSA) is 65.5 Å². The van der Waals surface area contributed by atoms with Gasteiger partial charge in [0.15, 0.2) is 0 Å². The number of carbonyl (C=O) groups is 1. The van der Waals surface area contributed by atoms with E-state index in [9.17, 15) is 9.90 Å². The molecule has 1 aromatic rings. The van der Waals surface area contributed by atoms with Gasteiger partial charge in [0.1, 0.15) is 5.75 Å². The maximum atomic E-state index is 12.4. The summed E-state index contributed by atoms with van der Waals surface area (Å²) in [5, 5.41) is 13.0. The first kappa shape index (κ1) is 13.8. The van der Waals surface area contributed by atoms with Gasteiger partial charge in [-0.25, -0.2) is 0 Å². The zero-order valence-electron chi connectivity index (χ0n) is 11.3. The third-order valence-corrected chi connectivity index (χ3v) is 3.64. The summed E-state index contributed by atoms with van der Waals surface area (Å²) in [5.41, 5.74) is 0.339. The molecule has 1 aliphatic rings. The van der Waals surface area contributed by atoms with Gasteiger partial charge in [0.05, 0.1) is 11.8 Å².